The Hall–Kier alpha value is -2.72. The molecule has 0 saturated carbocycles. The molecule has 2 aromatic heterocycles. The first kappa shape index (κ1) is 13.9. The highest BCUT2D eigenvalue weighted by molar-refractivity contribution is 7.13. The minimum absolute atomic E-state index is 0.787. The van der Waals surface area contributed by atoms with Gasteiger partial charge in [-0.05, 0) is 42.6 Å². The molecule has 0 fully saturated rings. The van der Waals surface area contributed by atoms with Crippen molar-refractivity contribution < 1.29 is 0 Å². The van der Waals surface area contributed by atoms with E-state index in [2.05, 4.69) is 48.0 Å². The Labute approximate surface area is 138 Å². The van der Waals surface area contributed by atoms with Gasteiger partial charge >= 0.3 is 0 Å². The van der Waals surface area contributed by atoms with E-state index in [4.69, 9.17) is 9.97 Å². The van der Waals surface area contributed by atoms with Crippen LogP contribution in [-0.4, -0.2) is 9.97 Å². The third-order valence-electron chi connectivity index (χ3n) is 3.64. The molecule has 0 amide bonds. The van der Waals surface area contributed by atoms with Crippen molar-refractivity contribution >= 4 is 33.9 Å². The highest BCUT2D eigenvalue weighted by Crippen LogP contribution is 2.32. The maximum atomic E-state index is 4.82. The zero-order valence-electron chi connectivity index (χ0n) is 12.7. The summed E-state index contributed by atoms with van der Waals surface area (Å²) in [5, 5.41) is 5.47. The maximum Gasteiger partial charge on any atom is 0.158 e. The van der Waals surface area contributed by atoms with E-state index in [1.54, 1.807) is 11.3 Å². The van der Waals surface area contributed by atoms with Crippen LogP contribution in [0, 0.1) is 6.92 Å². The fourth-order valence-electron chi connectivity index (χ4n) is 2.45. The number of benzene rings is 2. The molecule has 112 valence electrons. The summed E-state index contributed by atoms with van der Waals surface area (Å²) in [5.41, 5.74) is 4.93. The van der Waals surface area contributed by atoms with E-state index in [0.717, 1.165) is 33.1 Å². The number of aromatic nitrogens is 2. The van der Waals surface area contributed by atoms with Crippen molar-refractivity contribution in [3.05, 3.63) is 71.6 Å². The number of rotatable bonds is 3. The van der Waals surface area contributed by atoms with Gasteiger partial charge in [-0.3, -0.25) is 0 Å². The SMILES string of the molecule is Cc1ccc(Nc2nc3ccccc3nc2-c2cccs2)cc1. The minimum Gasteiger partial charge on any atom is -0.338 e. The van der Waals surface area contributed by atoms with Gasteiger partial charge in [-0.2, -0.15) is 0 Å². The molecule has 0 spiro atoms. The fourth-order valence-corrected chi connectivity index (χ4v) is 3.16. The lowest BCUT2D eigenvalue weighted by Gasteiger charge is -2.11. The highest BCUT2D eigenvalue weighted by Gasteiger charge is 2.12. The summed E-state index contributed by atoms with van der Waals surface area (Å²) in [6.07, 6.45) is 0. The molecule has 0 bridgehead atoms. The smallest absolute Gasteiger partial charge is 0.158 e. The standard InChI is InChI=1S/C19H15N3S/c1-13-8-10-14(11-9-13)20-19-18(17-7-4-12-23-17)21-15-5-2-3-6-16(15)22-19/h2-12H,1H3,(H,20,22). The summed E-state index contributed by atoms with van der Waals surface area (Å²) < 4.78 is 0. The van der Waals surface area contributed by atoms with Crippen molar-refractivity contribution in [2.45, 2.75) is 6.92 Å². The molecule has 0 atom stereocenters. The van der Waals surface area contributed by atoms with Crippen molar-refractivity contribution in [2.24, 2.45) is 0 Å². The molecule has 23 heavy (non-hydrogen) atoms. The Morgan fingerprint density at radius 2 is 1.57 bits per heavy atom. The second kappa shape index (κ2) is 5.82. The molecule has 0 aliphatic rings. The quantitative estimate of drug-likeness (QED) is 0.549. The van der Waals surface area contributed by atoms with Crippen LogP contribution in [-0.2, 0) is 0 Å². The predicted molar refractivity (Wildman–Crippen MR) is 97.3 cm³/mol. The normalized spacial score (nSPS) is 10.8. The molecule has 4 rings (SSSR count). The lowest BCUT2D eigenvalue weighted by atomic mass is 10.2. The first-order valence-corrected chi connectivity index (χ1v) is 8.32. The van der Waals surface area contributed by atoms with E-state index in [-0.39, 0.29) is 0 Å². The number of para-hydroxylation sites is 2. The van der Waals surface area contributed by atoms with Gasteiger partial charge in [0, 0.05) is 5.69 Å². The Bertz CT molecular complexity index is 944. The van der Waals surface area contributed by atoms with Crippen LogP contribution in [0.1, 0.15) is 5.56 Å². The van der Waals surface area contributed by atoms with Crippen LogP contribution in [0.25, 0.3) is 21.6 Å². The number of aryl methyl sites for hydroxylation is 1. The van der Waals surface area contributed by atoms with E-state index in [1.807, 2.05) is 30.3 Å². The number of hydrogen-bond acceptors (Lipinski definition) is 4. The van der Waals surface area contributed by atoms with E-state index in [1.165, 1.54) is 5.56 Å². The number of anilines is 2. The Kier molecular flexibility index (Phi) is 3.52. The largest absolute Gasteiger partial charge is 0.338 e. The predicted octanol–water partition coefficient (Wildman–Crippen LogP) is 5.41. The zero-order chi connectivity index (χ0) is 15.6. The van der Waals surface area contributed by atoms with Gasteiger partial charge in [-0.15, -0.1) is 11.3 Å². The number of hydrogen-bond donors (Lipinski definition) is 1. The highest BCUT2D eigenvalue weighted by atomic mass is 32.1. The van der Waals surface area contributed by atoms with Crippen LogP contribution in [0.2, 0.25) is 0 Å². The molecule has 0 aliphatic carbocycles. The lowest BCUT2D eigenvalue weighted by Crippen LogP contribution is -1.99. The molecule has 0 saturated heterocycles. The second-order valence-electron chi connectivity index (χ2n) is 5.38. The molecule has 0 aliphatic heterocycles. The number of fused-ring (bicyclic) bond motifs is 1. The zero-order valence-corrected chi connectivity index (χ0v) is 13.5. The summed E-state index contributed by atoms with van der Waals surface area (Å²) in [6, 6.07) is 20.4. The van der Waals surface area contributed by atoms with Gasteiger partial charge in [0.2, 0.25) is 0 Å². The van der Waals surface area contributed by atoms with E-state index in [9.17, 15) is 0 Å². The molecule has 2 aromatic carbocycles. The molecule has 3 nitrogen and oxygen atoms in total. The average molecular weight is 317 g/mol. The monoisotopic (exact) mass is 317 g/mol. The average Bonchev–Trinajstić information content (AvgIpc) is 3.11. The first-order valence-electron chi connectivity index (χ1n) is 7.44. The molecular weight excluding hydrogens is 302 g/mol. The van der Waals surface area contributed by atoms with E-state index >= 15 is 0 Å². The third-order valence-corrected chi connectivity index (χ3v) is 4.52. The minimum atomic E-state index is 0.787. The molecule has 0 unspecified atom stereocenters. The van der Waals surface area contributed by atoms with Crippen LogP contribution >= 0.6 is 11.3 Å². The third kappa shape index (κ3) is 2.81. The van der Waals surface area contributed by atoms with Crippen LogP contribution in [0.3, 0.4) is 0 Å². The van der Waals surface area contributed by atoms with Gasteiger partial charge in [-0.1, -0.05) is 35.9 Å². The van der Waals surface area contributed by atoms with Gasteiger partial charge in [0.05, 0.1) is 15.9 Å². The van der Waals surface area contributed by atoms with Gasteiger partial charge in [0.15, 0.2) is 5.82 Å². The van der Waals surface area contributed by atoms with Crippen molar-refractivity contribution in [1.29, 1.82) is 0 Å². The van der Waals surface area contributed by atoms with Crippen LogP contribution < -0.4 is 5.32 Å². The summed E-state index contributed by atoms with van der Waals surface area (Å²) >= 11 is 1.67. The fraction of sp³-hybridized carbons (Fsp3) is 0.0526. The van der Waals surface area contributed by atoms with Crippen molar-refractivity contribution in [3.63, 3.8) is 0 Å². The topological polar surface area (TPSA) is 37.8 Å². The van der Waals surface area contributed by atoms with E-state index in [0.29, 0.717) is 0 Å². The summed E-state index contributed by atoms with van der Waals surface area (Å²) in [5.74, 6) is 0.787. The maximum absolute atomic E-state index is 4.82. The molecule has 1 N–H and O–H groups in total. The van der Waals surface area contributed by atoms with Gasteiger partial charge in [-0.25, -0.2) is 9.97 Å². The molecule has 4 aromatic rings. The Morgan fingerprint density at radius 1 is 0.826 bits per heavy atom. The van der Waals surface area contributed by atoms with Crippen LogP contribution in [0.15, 0.2) is 66.0 Å². The van der Waals surface area contributed by atoms with Crippen LogP contribution in [0.4, 0.5) is 11.5 Å². The summed E-state index contributed by atoms with van der Waals surface area (Å²) in [7, 11) is 0. The second-order valence-corrected chi connectivity index (χ2v) is 6.33. The van der Waals surface area contributed by atoms with Crippen LogP contribution in [0.5, 0.6) is 0 Å². The van der Waals surface area contributed by atoms with Crippen molar-refractivity contribution in [3.8, 4) is 10.6 Å². The number of nitrogens with zero attached hydrogens (tertiary/aromatic N) is 2. The number of nitrogens with one attached hydrogen (secondary N) is 1. The molecular formula is C19H15N3S. The van der Waals surface area contributed by atoms with Gasteiger partial charge < -0.3 is 5.32 Å². The molecule has 4 heteroatoms. The van der Waals surface area contributed by atoms with Gasteiger partial charge in [0.25, 0.3) is 0 Å². The molecule has 0 radical (unpaired) electrons. The summed E-state index contributed by atoms with van der Waals surface area (Å²) in [4.78, 5) is 10.7. The van der Waals surface area contributed by atoms with E-state index < -0.39 is 0 Å². The molecule has 2 heterocycles. The van der Waals surface area contributed by atoms with Gasteiger partial charge in [0.1, 0.15) is 5.69 Å². The Balaban J connectivity index is 1.85. The lowest BCUT2D eigenvalue weighted by molar-refractivity contribution is 1.29. The summed E-state index contributed by atoms with van der Waals surface area (Å²) in [6.45, 7) is 2.08. The first-order chi connectivity index (χ1) is 11.3. The number of thiophene rings is 1. The Morgan fingerprint density at radius 3 is 2.26 bits per heavy atom. The van der Waals surface area contributed by atoms with Crippen molar-refractivity contribution in [1.82, 2.24) is 9.97 Å². The van der Waals surface area contributed by atoms with Crippen molar-refractivity contribution in [2.75, 3.05) is 5.32 Å².